The van der Waals surface area contributed by atoms with Crippen LogP contribution < -0.4 is 5.73 Å². The standard InChI is InChI=1S/C11H9F4N3S/c1-10(16,7-3-2-6(12)4-17-7)8-5-18-9(19-8)11(13,14)15/h2-5H,16H2,1H3. The van der Waals surface area contributed by atoms with Crippen molar-refractivity contribution in [2.45, 2.75) is 18.6 Å². The van der Waals surface area contributed by atoms with Crippen molar-refractivity contribution in [1.29, 1.82) is 0 Å². The van der Waals surface area contributed by atoms with E-state index >= 15 is 0 Å². The van der Waals surface area contributed by atoms with Crippen molar-refractivity contribution >= 4 is 11.3 Å². The largest absolute Gasteiger partial charge is 0.443 e. The van der Waals surface area contributed by atoms with Gasteiger partial charge in [-0.3, -0.25) is 4.98 Å². The molecule has 0 radical (unpaired) electrons. The molecule has 2 heterocycles. The average Bonchev–Trinajstić information content (AvgIpc) is 2.79. The molecule has 0 bridgehead atoms. The first-order valence-corrected chi connectivity index (χ1v) is 5.97. The summed E-state index contributed by atoms with van der Waals surface area (Å²) in [5, 5.41) is -0.971. The summed E-state index contributed by atoms with van der Waals surface area (Å²) in [4.78, 5) is 7.31. The van der Waals surface area contributed by atoms with Crippen LogP contribution in [0.25, 0.3) is 0 Å². The summed E-state index contributed by atoms with van der Waals surface area (Å²) >= 11 is 0.451. The van der Waals surface area contributed by atoms with E-state index in [9.17, 15) is 17.6 Å². The predicted molar refractivity (Wildman–Crippen MR) is 62.0 cm³/mol. The number of hydrogen-bond donors (Lipinski definition) is 1. The topological polar surface area (TPSA) is 51.8 Å². The highest BCUT2D eigenvalue weighted by Crippen LogP contribution is 2.37. The number of nitrogens with two attached hydrogens (primary N) is 1. The summed E-state index contributed by atoms with van der Waals surface area (Å²) in [6, 6.07) is 2.49. The summed E-state index contributed by atoms with van der Waals surface area (Å²) in [6.45, 7) is 1.50. The first-order chi connectivity index (χ1) is 8.71. The first-order valence-electron chi connectivity index (χ1n) is 5.15. The second kappa shape index (κ2) is 4.53. The zero-order valence-corrected chi connectivity index (χ0v) is 10.5. The fourth-order valence-corrected chi connectivity index (χ4v) is 2.31. The fraction of sp³-hybridized carbons (Fsp3) is 0.273. The number of nitrogens with zero attached hydrogens (tertiary/aromatic N) is 2. The predicted octanol–water partition coefficient (Wildman–Crippen LogP) is 2.92. The summed E-state index contributed by atoms with van der Waals surface area (Å²) in [5.41, 5.74) is 5.00. The lowest BCUT2D eigenvalue weighted by Crippen LogP contribution is -2.34. The Balaban J connectivity index is 2.39. The van der Waals surface area contributed by atoms with E-state index in [0.29, 0.717) is 11.3 Å². The summed E-state index contributed by atoms with van der Waals surface area (Å²) < 4.78 is 50.2. The molecule has 0 saturated carbocycles. The first kappa shape index (κ1) is 13.9. The van der Waals surface area contributed by atoms with Crippen molar-refractivity contribution in [1.82, 2.24) is 9.97 Å². The number of pyridine rings is 1. The van der Waals surface area contributed by atoms with Crippen LogP contribution in [0.5, 0.6) is 0 Å². The third-order valence-electron chi connectivity index (χ3n) is 2.52. The van der Waals surface area contributed by atoms with Gasteiger partial charge in [-0.1, -0.05) is 0 Å². The normalized spacial score (nSPS) is 15.3. The molecule has 3 nitrogen and oxygen atoms in total. The van der Waals surface area contributed by atoms with Crippen molar-refractivity contribution < 1.29 is 17.6 Å². The lowest BCUT2D eigenvalue weighted by atomic mass is 9.97. The maximum atomic E-state index is 12.8. The molecule has 0 aliphatic carbocycles. The van der Waals surface area contributed by atoms with Crippen LogP contribution in [0.15, 0.2) is 24.5 Å². The fourth-order valence-electron chi connectivity index (χ4n) is 1.45. The van der Waals surface area contributed by atoms with Gasteiger partial charge in [0.1, 0.15) is 5.82 Å². The molecule has 0 fully saturated rings. The molecule has 8 heteroatoms. The van der Waals surface area contributed by atoms with E-state index in [0.717, 1.165) is 18.5 Å². The van der Waals surface area contributed by atoms with Gasteiger partial charge in [-0.25, -0.2) is 9.37 Å². The minimum Gasteiger partial charge on any atom is -0.316 e. The third kappa shape index (κ3) is 2.74. The number of rotatable bonds is 2. The van der Waals surface area contributed by atoms with Crippen molar-refractivity contribution in [3.05, 3.63) is 45.9 Å². The van der Waals surface area contributed by atoms with E-state index in [1.54, 1.807) is 0 Å². The monoisotopic (exact) mass is 291 g/mol. The van der Waals surface area contributed by atoms with E-state index in [-0.39, 0.29) is 10.6 Å². The lowest BCUT2D eigenvalue weighted by molar-refractivity contribution is -0.137. The smallest absolute Gasteiger partial charge is 0.316 e. The molecular weight excluding hydrogens is 282 g/mol. The number of thiazole rings is 1. The van der Waals surface area contributed by atoms with Crippen LogP contribution in [0.3, 0.4) is 0 Å². The molecule has 0 spiro atoms. The number of halogens is 4. The Morgan fingerprint density at radius 2 is 1.84 bits per heavy atom. The van der Waals surface area contributed by atoms with Crippen molar-refractivity contribution in [3.8, 4) is 0 Å². The Kier molecular flexibility index (Phi) is 3.31. The zero-order valence-electron chi connectivity index (χ0n) is 9.70. The quantitative estimate of drug-likeness (QED) is 0.866. The van der Waals surface area contributed by atoms with E-state index in [1.807, 2.05) is 0 Å². The summed E-state index contributed by atoms with van der Waals surface area (Å²) in [6.07, 6.45) is -2.47. The molecule has 2 rings (SSSR count). The van der Waals surface area contributed by atoms with Crippen LogP contribution in [0.2, 0.25) is 0 Å². The number of hydrogen-bond acceptors (Lipinski definition) is 4. The highest BCUT2D eigenvalue weighted by molar-refractivity contribution is 7.11. The highest BCUT2D eigenvalue weighted by atomic mass is 32.1. The van der Waals surface area contributed by atoms with Crippen molar-refractivity contribution in [2.24, 2.45) is 5.73 Å². The Hall–Kier alpha value is -1.54. The minimum atomic E-state index is -4.50. The Bertz CT molecular complexity index is 574. The Morgan fingerprint density at radius 1 is 1.16 bits per heavy atom. The second-order valence-electron chi connectivity index (χ2n) is 4.09. The third-order valence-corrected chi connectivity index (χ3v) is 3.80. The van der Waals surface area contributed by atoms with Gasteiger partial charge in [0.05, 0.1) is 22.3 Å². The minimum absolute atomic E-state index is 0.207. The number of alkyl halides is 3. The van der Waals surface area contributed by atoms with Gasteiger partial charge in [-0.2, -0.15) is 13.2 Å². The lowest BCUT2D eigenvalue weighted by Gasteiger charge is -2.21. The van der Waals surface area contributed by atoms with Crippen LogP contribution in [0.1, 0.15) is 22.5 Å². The van der Waals surface area contributed by atoms with Gasteiger partial charge >= 0.3 is 6.18 Å². The summed E-state index contributed by atoms with van der Waals surface area (Å²) in [7, 11) is 0. The SMILES string of the molecule is CC(N)(c1ccc(F)cn1)c1cnc(C(F)(F)F)s1. The highest BCUT2D eigenvalue weighted by Gasteiger charge is 2.37. The molecular formula is C11H9F4N3S. The average molecular weight is 291 g/mol. The maximum absolute atomic E-state index is 12.8. The molecule has 0 aliphatic rings. The Morgan fingerprint density at radius 3 is 2.32 bits per heavy atom. The second-order valence-corrected chi connectivity index (χ2v) is 5.12. The van der Waals surface area contributed by atoms with E-state index in [1.165, 1.54) is 13.0 Å². The zero-order chi connectivity index (χ0) is 14.3. The molecule has 2 aromatic heterocycles. The molecule has 2 aromatic rings. The van der Waals surface area contributed by atoms with Gasteiger partial charge in [-0.05, 0) is 19.1 Å². The molecule has 1 atom stereocenters. The van der Waals surface area contributed by atoms with Crippen LogP contribution >= 0.6 is 11.3 Å². The van der Waals surface area contributed by atoms with E-state index in [4.69, 9.17) is 5.73 Å². The molecule has 19 heavy (non-hydrogen) atoms. The van der Waals surface area contributed by atoms with Crippen LogP contribution in [-0.2, 0) is 11.7 Å². The van der Waals surface area contributed by atoms with Crippen LogP contribution in [0, 0.1) is 5.82 Å². The van der Waals surface area contributed by atoms with Gasteiger partial charge in [0, 0.05) is 6.20 Å². The van der Waals surface area contributed by atoms with Crippen LogP contribution in [0.4, 0.5) is 17.6 Å². The van der Waals surface area contributed by atoms with E-state index < -0.39 is 22.5 Å². The molecule has 1 unspecified atom stereocenters. The van der Waals surface area contributed by atoms with Crippen molar-refractivity contribution in [3.63, 3.8) is 0 Å². The molecule has 0 saturated heterocycles. The Labute approximate surface area is 110 Å². The molecule has 0 aromatic carbocycles. The number of aromatic nitrogens is 2. The molecule has 2 N–H and O–H groups in total. The van der Waals surface area contributed by atoms with Gasteiger partial charge in [0.2, 0.25) is 0 Å². The van der Waals surface area contributed by atoms with Gasteiger partial charge in [0.15, 0.2) is 5.01 Å². The maximum Gasteiger partial charge on any atom is 0.443 e. The van der Waals surface area contributed by atoms with E-state index in [2.05, 4.69) is 9.97 Å². The van der Waals surface area contributed by atoms with Gasteiger partial charge in [-0.15, -0.1) is 11.3 Å². The van der Waals surface area contributed by atoms with Crippen LogP contribution in [-0.4, -0.2) is 9.97 Å². The molecule has 102 valence electrons. The van der Waals surface area contributed by atoms with Gasteiger partial charge < -0.3 is 5.73 Å². The van der Waals surface area contributed by atoms with Gasteiger partial charge in [0.25, 0.3) is 0 Å². The van der Waals surface area contributed by atoms with Crippen molar-refractivity contribution in [2.75, 3.05) is 0 Å². The molecule has 0 aliphatic heterocycles. The summed E-state index contributed by atoms with van der Waals surface area (Å²) in [5.74, 6) is -0.542. The molecule has 0 amide bonds.